The van der Waals surface area contributed by atoms with E-state index >= 15 is 0 Å². The van der Waals surface area contributed by atoms with Crippen LogP contribution in [0.2, 0.25) is 0 Å². The van der Waals surface area contributed by atoms with Gasteiger partial charge in [0, 0.05) is 34.8 Å². The molecule has 2 rings (SSSR count). The van der Waals surface area contributed by atoms with Gasteiger partial charge in [0.05, 0.1) is 0 Å². The van der Waals surface area contributed by atoms with Crippen LogP contribution in [0.4, 0.5) is 5.69 Å². The van der Waals surface area contributed by atoms with Gasteiger partial charge in [-0.15, -0.1) is 0 Å². The van der Waals surface area contributed by atoms with Crippen LogP contribution in [0.15, 0.2) is 22.7 Å². The first-order valence-electron chi connectivity index (χ1n) is 8.06. The van der Waals surface area contributed by atoms with Gasteiger partial charge in [0.1, 0.15) is 0 Å². The Morgan fingerprint density at radius 2 is 2.00 bits per heavy atom. The van der Waals surface area contributed by atoms with Gasteiger partial charge in [0.2, 0.25) is 0 Å². The van der Waals surface area contributed by atoms with E-state index in [4.69, 9.17) is 0 Å². The Bertz CT molecular complexity index is 479. The molecule has 1 heterocycles. The van der Waals surface area contributed by atoms with E-state index in [1.165, 1.54) is 30.6 Å². The van der Waals surface area contributed by atoms with E-state index in [0.29, 0.717) is 6.04 Å². The Labute approximate surface area is 138 Å². The van der Waals surface area contributed by atoms with Gasteiger partial charge < -0.3 is 10.2 Å². The van der Waals surface area contributed by atoms with Crippen LogP contribution in [-0.2, 0) is 6.54 Å². The molecular formula is C18H29BrN2. The molecule has 2 nitrogen and oxygen atoms in total. The number of benzene rings is 1. The topological polar surface area (TPSA) is 15.3 Å². The Balaban J connectivity index is 2.22. The molecule has 1 aromatic carbocycles. The van der Waals surface area contributed by atoms with Crippen molar-refractivity contribution >= 4 is 21.6 Å². The standard InChI is InChI=1S/C18H29BrN2/c1-13-8-9-21(14(2)10-13)17-7-6-16(19)11-15(17)12-20-18(3,4)5/h6-7,11,13-14,20H,8-10,12H2,1-5H3. The van der Waals surface area contributed by atoms with Crippen LogP contribution in [0.25, 0.3) is 0 Å². The molecule has 0 radical (unpaired) electrons. The van der Waals surface area contributed by atoms with Gasteiger partial charge in [-0.05, 0) is 70.2 Å². The normalized spacial score (nSPS) is 23.4. The van der Waals surface area contributed by atoms with E-state index < -0.39 is 0 Å². The average molecular weight is 353 g/mol. The first-order valence-corrected chi connectivity index (χ1v) is 8.85. The van der Waals surface area contributed by atoms with E-state index in [0.717, 1.165) is 16.9 Å². The lowest BCUT2D eigenvalue weighted by atomic mass is 9.92. The van der Waals surface area contributed by atoms with E-state index in [1.54, 1.807) is 0 Å². The van der Waals surface area contributed by atoms with Crippen molar-refractivity contribution in [3.63, 3.8) is 0 Å². The number of nitrogens with one attached hydrogen (secondary N) is 1. The molecule has 0 aliphatic carbocycles. The number of hydrogen-bond acceptors (Lipinski definition) is 2. The van der Waals surface area contributed by atoms with Crippen LogP contribution in [0, 0.1) is 5.92 Å². The van der Waals surface area contributed by atoms with Gasteiger partial charge in [0.15, 0.2) is 0 Å². The zero-order valence-electron chi connectivity index (χ0n) is 14.0. The van der Waals surface area contributed by atoms with Crippen molar-refractivity contribution in [2.24, 2.45) is 5.92 Å². The maximum absolute atomic E-state index is 3.62. The Kier molecular flexibility index (Phi) is 5.37. The zero-order chi connectivity index (χ0) is 15.6. The second kappa shape index (κ2) is 6.70. The number of rotatable bonds is 3. The molecule has 0 spiro atoms. The molecule has 0 amide bonds. The third-order valence-corrected chi connectivity index (χ3v) is 4.79. The van der Waals surface area contributed by atoms with Crippen molar-refractivity contribution in [1.29, 1.82) is 0 Å². The summed E-state index contributed by atoms with van der Waals surface area (Å²) >= 11 is 3.62. The van der Waals surface area contributed by atoms with Crippen molar-refractivity contribution < 1.29 is 0 Å². The Morgan fingerprint density at radius 1 is 1.29 bits per heavy atom. The summed E-state index contributed by atoms with van der Waals surface area (Å²) in [4.78, 5) is 2.59. The molecule has 0 aromatic heterocycles. The molecule has 1 saturated heterocycles. The lowest BCUT2D eigenvalue weighted by molar-refractivity contribution is 0.376. The first kappa shape index (κ1) is 16.8. The molecule has 3 heteroatoms. The summed E-state index contributed by atoms with van der Waals surface area (Å²) in [5.41, 5.74) is 2.93. The van der Waals surface area contributed by atoms with Crippen LogP contribution in [0.3, 0.4) is 0 Å². The predicted molar refractivity (Wildman–Crippen MR) is 95.9 cm³/mol. The number of hydrogen-bond donors (Lipinski definition) is 1. The number of halogens is 1. The van der Waals surface area contributed by atoms with Gasteiger partial charge in [-0.25, -0.2) is 0 Å². The van der Waals surface area contributed by atoms with Crippen LogP contribution in [0.1, 0.15) is 53.0 Å². The SMILES string of the molecule is CC1CCN(c2ccc(Br)cc2CNC(C)(C)C)C(C)C1. The molecule has 2 atom stereocenters. The van der Waals surface area contributed by atoms with Crippen LogP contribution >= 0.6 is 15.9 Å². The molecule has 1 fully saturated rings. The van der Waals surface area contributed by atoms with E-state index in [2.05, 4.69) is 79.0 Å². The minimum atomic E-state index is 0.140. The third kappa shape index (κ3) is 4.72. The molecule has 0 bridgehead atoms. The average Bonchev–Trinajstić information content (AvgIpc) is 2.36. The van der Waals surface area contributed by atoms with E-state index in [-0.39, 0.29) is 5.54 Å². The summed E-state index contributed by atoms with van der Waals surface area (Å²) in [5, 5.41) is 3.62. The van der Waals surface area contributed by atoms with Crippen molar-refractivity contribution in [3.05, 3.63) is 28.2 Å². The van der Waals surface area contributed by atoms with Gasteiger partial charge in [-0.2, -0.15) is 0 Å². The second-order valence-electron chi connectivity index (χ2n) is 7.55. The summed E-state index contributed by atoms with van der Waals surface area (Å²) in [5.74, 6) is 0.850. The van der Waals surface area contributed by atoms with Crippen LogP contribution in [-0.4, -0.2) is 18.1 Å². The fourth-order valence-electron chi connectivity index (χ4n) is 3.10. The highest BCUT2D eigenvalue weighted by Crippen LogP contribution is 2.32. The highest BCUT2D eigenvalue weighted by molar-refractivity contribution is 9.10. The Morgan fingerprint density at radius 3 is 2.62 bits per heavy atom. The first-order chi connectivity index (χ1) is 9.76. The van der Waals surface area contributed by atoms with Crippen molar-refractivity contribution in [2.45, 2.75) is 65.6 Å². The molecule has 1 aliphatic heterocycles. The molecule has 1 aliphatic rings. The van der Waals surface area contributed by atoms with Crippen LogP contribution in [0.5, 0.6) is 0 Å². The van der Waals surface area contributed by atoms with Gasteiger partial charge >= 0.3 is 0 Å². The highest BCUT2D eigenvalue weighted by atomic mass is 79.9. The molecule has 1 N–H and O–H groups in total. The maximum atomic E-state index is 3.62. The van der Waals surface area contributed by atoms with Gasteiger partial charge in [0.25, 0.3) is 0 Å². The van der Waals surface area contributed by atoms with Crippen molar-refractivity contribution in [2.75, 3.05) is 11.4 Å². The smallest absolute Gasteiger partial charge is 0.0415 e. The number of nitrogens with zero attached hydrogens (tertiary/aromatic N) is 1. The van der Waals surface area contributed by atoms with Crippen molar-refractivity contribution in [1.82, 2.24) is 5.32 Å². The second-order valence-corrected chi connectivity index (χ2v) is 8.46. The molecule has 21 heavy (non-hydrogen) atoms. The minimum Gasteiger partial charge on any atom is -0.369 e. The number of piperidine rings is 1. The monoisotopic (exact) mass is 352 g/mol. The highest BCUT2D eigenvalue weighted by Gasteiger charge is 2.25. The summed E-state index contributed by atoms with van der Waals surface area (Å²) in [6.45, 7) is 13.5. The molecule has 0 saturated carbocycles. The largest absolute Gasteiger partial charge is 0.369 e. The summed E-state index contributed by atoms with van der Waals surface area (Å²) in [7, 11) is 0. The molecule has 2 unspecified atom stereocenters. The summed E-state index contributed by atoms with van der Waals surface area (Å²) in [6, 6.07) is 7.33. The molecule has 118 valence electrons. The zero-order valence-corrected chi connectivity index (χ0v) is 15.6. The predicted octanol–water partition coefficient (Wildman–Crippen LogP) is 4.96. The van der Waals surface area contributed by atoms with Crippen LogP contribution < -0.4 is 10.2 Å². The van der Waals surface area contributed by atoms with Gasteiger partial charge in [-0.3, -0.25) is 0 Å². The number of anilines is 1. The molecular weight excluding hydrogens is 324 g/mol. The van der Waals surface area contributed by atoms with E-state index in [1.807, 2.05) is 0 Å². The lowest BCUT2D eigenvalue weighted by Crippen LogP contribution is -2.41. The Hall–Kier alpha value is -0.540. The fraction of sp³-hybridized carbons (Fsp3) is 0.667. The molecule has 1 aromatic rings. The lowest BCUT2D eigenvalue weighted by Gasteiger charge is -2.39. The minimum absolute atomic E-state index is 0.140. The third-order valence-electron chi connectivity index (χ3n) is 4.30. The summed E-state index contributed by atoms with van der Waals surface area (Å²) < 4.78 is 1.16. The van der Waals surface area contributed by atoms with E-state index in [9.17, 15) is 0 Å². The van der Waals surface area contributed by atoms with Gasteiger partial charge in [-0.1, -0.05) is 22.9 Å². The fourth-order valence-corrected chi connectivity index (χ4v) is 3.51. The maximum Gasteiger partial charge on any atom is 0.0415 e. The van der Waals surface area contributed by atoms with Crippen molar-refractivity contribution in [3.8, 4) is 0 Å². The quantitative estimate of drug-likeness (QED) is 0.826. The summed E-state index contributed by atoms with van der Waals surface area (Å²) in [6.07, 6.45) is 2.59.